The fourth-order valence-electron chi connectivity index (χ4n) is 1.11. The Kier molecular flexibility index (Phi) is 3.75. The molecule has 0 atom stereocenters. The lowest BCUT2D eigenvalue weighted by atomic mass is 10.2. The molecule has 0 fully saturated rings. The van der Waals surface area contributed by atoms with Crippen LogP contribution in [0.3, 0.4) is 0 Å². The normalized spacial score (nSPS) is 10.4. The number of hydrogen-bond acceptors (Lipinski definition) is 2. The highest BCUT2D eigenvalue weighted by atomic mass is 16.5. The molecule has 0 aliphatic heterocycles. The molecule has 0 N–H and O–H groups in total. The third kappa shape index (κ3) is 2.95. The van der Waals surface area contributed by atoms with Crippen LogP contribution in [0, 0.1) is 11.3 Å². The Bertz CT molecular complexity index is 361. The third-order valence-electron chi connectivity index (χ3n) is 1.62. The van der Waals surface area contributed by atoms with Crippen LogP contribution in [-0.2, 0) is 0 Å². The summed E-state index contributed by atoms with van der Waals surface area (Å²) in [6, 6.07) is 9.62. The minimum absolute atomic E-state index is 0.145. The van der Waals surface area contributed by atoms with Crippen molar-refractivity contribution >= 4 is 6.08 Å². The molecule has 1 rings (SSSR count). The molecule has 1 aromatic carbocycles. The van der Waals surface area contributed by atoms with Crippen molar-refractivity contribution < 1.29 is 4.74 Å². The smallest absolute Gasteiger partial charge is 0.126 e. The van der Waals surface area contributed by atoms with Crippen LogP contribution in [0.15, 0.2) is 30.3 Å². The molecule has 0 heterocycles. The van der Waals surface area contributed by atoms with E-state index < -0.39 is 0 Å². The summed E-state index contributed by atoms with van der Waals surface area (Å²) >= 11 is 0. The van der Waals surface area contributed by atoms with E-state index in [1.165, 1.54) is 6.08 Å². The van der Waals surface area contributed by atoms with Crippen LogP contribution >= 0.6 is 0 Å². The van der Waals surface area contributed by atoms with Gasteiger partial charge >= 0.3 is 0 Å². The maximum atomic E-state index is 8.42. The van der Waals surface area contributed by atoms with Gasteiger partial charge in [-0.3, -0.25) is 0 Å². The average Bonchev–Trinajstić information content (AvgIpc) is 2.16. The maximum absolute atomic E-state index is 8.42. The van der Waals surface area contributed by atoms with Crippen LogP contribution in [0.5, 0.6) is 5.75 Å². The van der Waals surface area contributed by atoms with E-state index in [4.69, 9.17) is 10.00 Å². The third-order valence-corrected chi connectivity index (χ3v) is 1.62. The highest BCUT2D eigenvalue weighted by molar-refractivity contribution is 5.58. The summed E-state index contributed by atoms with van der Waals surface area (Å²) in [4.78, 5) is 0. The van der Waals surface area contributed by atoms with Gasteiger partial charge in [-0.1, -0.05) is 18.2 Å². The van der Waals surface area contributed by atoms with Crippen molar-refractivity contribution in [1.82, 2.24) is 0 Å². The van der Waals surface area contributed by atoms with Gasteiger partial charge < -0.3 is 4.74 Å². The molecule has 0 unspecified atom stereocenters. The van der Waals surface area contributed by atoms with Crippen molar-refractivity contribution in [3.05, 3.63) is 35.9 Å². The zero-order chi connectivity index (χ0) is 10.4. The van der Waals surface area contributed by atoms with Gasteiger partial charge in [0.1, 0.15) is 5.75 Å². The monoisotopic (exact) mass is 187 g/mol. The standard InChI is InChI=1S/C12H13NO/c1-10(2)14-12-8-4-3-6-11(12)7-5-9-13/h3-8,10H,1-2H3/b7-5+. The van der Waals surface area contributed by atoms with Gasteiger partial charge in [-0.2, -0.15) is 5.26 Å². The maximum Gasteiger partial charge on any atom is 0.126 e. The Morgan fingerprint density at radius 2 is 2.07 bits per heavy atom. The zero-order valence-corrected chi connectivity index (χ0v) is 8.40. The van der Waals surface area contributed by atoms with Crippen molar-refractivity contribution in [3.8, 4) is 11.8 Å². The van der Waals surface area contributed by atoms with Crippen molar-refractivity contribution in [2.75, 3.05) is 0 Å². The van der Waals surface area contributed by atoms with E-state index >= 15 is 0 Å². The van der Waals surface area contributed by atoms with E-state index in [2.05, 4.69) is 0 Å². The van der Waals surface area contributed by atoms with Crippen LogP contribution < -0.4 is 4.74 Å². The van der Waals surface area contributed by atoms with Crippen LogP contribution in [0.4, 0.5) is 0 Å². The minimum Gasteiger partial charge on any atom is -0.490 e. The molecule has 14 heavy (non-hydrogen) atoms. The molecular formula is C12H13NO. The predicted octanol–water partition coefficient (Wildman–Crippen LogP) is 3.01. The van der Waals surface area contributed by atoms with E-state index in [1.807, 2.05) is 44.2 Å². The summed E-state index contributed by atoms with van der Waals surface area (Å²) in [5.74, 6) is 0.814. The minimum atomic E-state index is 0.145. The molecule has 0 radical (unpaired) electrons. The molecule has 0 aromatic heterocycles. The number of para-hydroxylation sites is 1. The number of hydrogen-bond donors (Lipinski definition) is 0. The topological polar surface area (TPSA) is 33.0 Å². The molecule has 0 spiro atoms. The Labute approximate surface area is 84.4 Å². The predicted molar refractivity (Wildman–Crippen MR) is 56.9 cm³/mol. The lowest BCUT2D eigenvalue weighted by Crippen LogP contribution is -2.06. The van der Waals surface area contributed by atoms with Gasteiger partial charge in [0.25, 0.3) is 0 Å². The summed E-state index contributed by atoms with van der Waals surface area (Å²) in [5, 5.41) is 8.42. The van der Waals surface area contributed by atoms with Crippen molar-refractivity contribution in [2.45, 2.75) is 20.0 Å². The Hall–Kier alpha value is -1.75. The zero-order valence-electron chi connectivity index (χ0n) is 8.40. The number of nitriles is 1. The summed E-state index contributed by atoms with van der Waals surface area (Å²) in [5.41, 5.74) is 0.933. The number of nitrogens with zero attached hydrogens (tertiary/aromatic N) is 1. The highest BCUT2D eigenvalue weighted by Crippen LogP contribution is 2.20. The Balaban J connectivity index is 2.92. The second-order valence-corrected chi connectivity index (χ2v) is 3.17. The van der Waals surface area contributed by atoms with Gasteiger partial charge in [0.05, 0.1) is 12.2 Å². The average molecular weight is 187 g/mol. The number of allylic oxidation sites excluding steroid dienone is 1. The van der Waals surface area contributed by atoms with Crippen LogP contribution in [0.25, 0.3) is 6.08 Å². The number of benzene rings is 1. The fourth-order valence-corrected chi connectivity index (χ4v) is 1.11. The first-order valence-electron chi connectivity index (χ1n) is 4.56. The van der Waals surface area contributed by atoms with Gasteiger partial charge in [0, 0.05) is 11.6 Å². The first kappa shape index (κ1) is 10.3. The highest BCUT2D eigenvalue weighted by Gasteiger charge is 2.00. The molecule has 1 aromatic rings. The van der Waals surface area contributed by atoms with Crippen LogP contribution in [0.1, 0.15) is 19.4 Å². The Morgan fingerprint density at radius 1 is 1.36 bits per heavy atom. The van der Waals surface area contributed by atoms with E-state index in [0.717, 1.165) is 11.3 Å². The SMILES string of the molecule is CC(C)Oc1ccccc1/C=C/C#N. The molecule has 0 aliphatic carbocycles. The molecule has 0 aliphatic rings. The molecule has 2 heteroatoms. The summed E-state index contributed by atoms with van der Waals surface area (Å²) in [6.45, 7) is 3.95. The fraction of sp³-hybridized carbons (Fsp3) is 0.250. The number of ether oxygens (including phenoxy) is 1. The Morgan fingerprint density at radius 3 is 2.71 bits per heavy atom. The van der Waals surface area contributed by atoms with Gasteiger partial charge in [0.2, 0.25) is 0 Å². The second kappa shape index (κ2) is 5.08. The molecule has 0 saturated heterocycles. The van der Waals surface area contributed by atoms with Crippen LogP contribution in [0.2, 0.25) is 0 Å². The molecule has 72 valence electrons. The molecule has 0 saturated carbocycles. The van der Waals surface area contributed by atoms with Gasteiger partial charge in [0.15, 0.2) is 0 Å². The largest absolute Gasteiger partial charge is 0.490 e. The first-order valence-corrected chi connectivity index (χ1v) is 4.56. The summed E-state index contributed by atoms with van der Waals surface area (Å²) < 4.78 is 5.58. The second-order valence-electron chi connectivity index (χ2n) is 3.17. The summed E-state index contributed by atoms with van der Waals surface area (Å²) in [7, 11) is 0. The van der Waals surface area contributed by atoms with Gasteiger partial charge in [-0.05, 0) is 26.0 Å². The van der Waals surface area contributed by atoms with E-state index in [0.29, 0.717) is 0 Å². The van der Waals surface area contributed by atoms with Crippen molar-refractivity contribution in [1.29, 1.82) is 5.26 Å². The molecule has 0 amide bonds. The van der Waals surface area contributed by atoms with E-state index in [1.54, 1.807) is 6.08 Å². The molecule has 0 bridgehead atoms. The first-order chi connectivity index (χ1) is 6.74. The van der Waals surface area contributed by atoms with Gasteiger partial charge in [-0.25, -0.2) is 0 Å². The van der Waals surface area contributed by atoms with E-state index in [-0.39, 0.29) is 6.10 Å². The number of rotatable bonds is 3. The van der Waals surface area contributed by atoms with Gasteiger partial charge in [-0.15, -0.1) is 0 Å². The molecular weight excluding hydrogens is 174 g/mol. The quantitative estimate of drug-likeness (QED) is 0.681. The van der Waals surface area contributed by atoms with E-state index in [9.17, 15) is 0 Å². The lowest BCUT2D eigenvalue weighted by Gasteiger charge is -2.11. The van der Waals surface area contributed by atoms with Crippen molar-refractivity contribution in [2.24, 2.45) is 0 Å². The molecule has 2 nitrogen and oxygen atoms in total. The van der Waals surface area contributed by atoms with Crippen LogP contribution in [-0.4, -0.2) is 6.10 Å². The lowest BCUT2D eigenvalue weighted by molar-refractivity contribution is 0.242. The summed E-state index contributed by atoms with van der Waals surface area (Å²) in [6.07, 6.45) is 3.34. The van der Waals surface area contributed by atoms with Crippen molar-refractivity contribution in [3.63, 3.8) is 0 Å².